The van der Waals surface area contributed by atoms with Gasteiger partial charge in [0.15, 0.2) is 0 Å². The molecular formula is C22H27FN4O. The molecule has 0 radical (unpaired) electrons. The van der Waals surface area contributed by atoms with Gasteiger partial charge >= 0.3 is 6.03 Å². The van der Waals surface area contributed by atoms with Crippen LogP contribution in [0.15, 0.2) is 54.6 Å². The number of anilines is 2. The highest BCUT2D eigenvalue weighted by molar-refractivity contribution is 5.74. The highest BCUT2D eigenvalue weighted by atomic mass is 19.1. The van der Waals surface area contributed by atoms with Crippen LogP contribution in [-0.2, 0) is 0 Å². The quantitative estimate of drug-likeness (QED) is 0.883. The predicted octanol–water partition coefficient (Wildman–Crippen LogP) is 3.18. The van der Waals surface area contributed by atoms with Crippen molar-refractivity contribution in [3.8, 4) is 0 Å². The highest BCUT2D eigenvalue weighted by Gasteiger charge is 2.25. The summed E-state index contributed by atoms with van der Waals surface area (Å²) in [6, 6.07) is 17.0. The first-order chi connectivity index (χ1) is 13.7. The minimum atomic E-state index is -0.223. The Hall–Kier alpha value is -2.76. The van der Waals surface area contributed by atoms with Crippen molar-refractivity contribution < 1.29 is 9.18 Å². The van der Waals surface area contributed by atoms with E-state index in [2.05, 4.69) is 39.4 Å². The van der Waals surface area contributed by atoms with Crippen LogP contribution >= 0.6 is 0 Å². The number of nitrogens with one attached hydrogen (secondary N) is 1. The van der Waals surface area contributed by atoms with E-state index in [-0.39, 0.29) is 11.8 Å². The van der Waals surface area contributed by atoms with Gasteiger partial charge in [-0.2, -0.15) is 0 Å². The Morgan fingerprint density at radius 1 is 0.893 bits per heavy atom. The lowest BCUT2D eigenvalue weighted by molar-refractivity contribution is 0.193. The van der Waals surface area contributed by atoms with Gasteiger partial charge in [-0.3, -0.25) is 0 Å². The van der Waals surface area contributed by atoms with Gasteiger partial charge in [-0.1, -0.05) is 18.2 Å². The Morgan fingerprint density at radius 2 is 1.57 bits per heavy atom. The SMILES string of the molecule is O=C(NCC1CCN(c2ccccc2)C1)N1CCN(c2ccc(F)cc2)CC1. The van der Waals surface area contributed by atoms with Crippen molar-refractivity contribution in [1.29, 1.82) is 0 Å². The molecule has 0 bridgehead atoms. The van der Waals surface area contributed by atoms with Crippen LogP contribution in [0.1, 0.15) is 6.42 Å². The van der Waals surface area contributed by atoms with Crippen molar-refractivity contribution in [2.45, 2.75) is 6.42 Å². The molecular weight excluding hydrogens is 355 g/mol. The van der Waals surface area contributed by atoms with Gasteiger partial charge in [-0.25, -0.2) is 9.18 Å². The van der Waals surface area contributed by atoms with Crippen LogP contribution in [0, 0.1) is 11.7 Å². The molecule has 2 amide bonds. The van der Waals surface area contributed by atoms with Gasteiger partial charge in [-0.05, 0) is 48.7 Å². The summed E-state index contributed by atoms with van der Waals surface area (Å²) in [6.07, 6.45) is 1.10. The normalized spacial score (nSPS) is 19.8. The lowest BCUT2D eigenvalue weighted by Gasteiger charge is -2.36. The molecule has 1 unspecified atom stereocenters. The van der Waals surface area contributed by atoms with E-state index >= 15 is 0 Å². The second-order valence-corrected chi connectivity index (χ2v) is 7.57. The molecule has 1 N–H and O–H groups in total. The molecule has 0 spiro atoms. The largest absolute Gasteiger partial charge is 0.371 e. The number of amides is 2. The molecule has 2 aromatic rings. The van der Waals surface area contributed by atoms with Gasteiger partial charge in [0.2, 0.25) is 0 Å². The molecule has 2 aromatic carbocycles. The summed E-state index contributed by atoms with van der Waals surface area (Å²) in [5.74, 6) is 0.268. The number of nitrogens with zero attached hydrogens (tertiary/aromatic N) is 3. The Labute approximate surface area is 165 Å². The third-order valence-electron chi connectivity index (χ3n) is 5.71. The number of rotatable bonds is 4. The number of para-hydroxylation sites is 1. The lowest BCUT2D eigenvalue weighted by atomic mass is 10.1. The van der Waals surface area contributed by atoms with Crippen molar-refractivity contribution >= 4 is 17.4 Å². The Balaban J connectivity index is 1.20. The second kappa shape index (κ2) is 8.50. The average molecular weight is 382 g/mol. The number of urea groups is 1. The van der Waals surface area contributed by atoms with Gasteiger partial charge in [0.1, 0.15) is 5.82 Å². The van der Waals surface area contributed by atoms with Crippen molar-refractivity contribution in [3.05, 3.63) is 60.4 Å². The number of halogens is 1. The average Bonchev–Trinajstić information content (AvgIpc) is 3.22. The molecule has 28 heavy (non-hydrogen) atoms. The monoisotopic (exact) mass is 382 g/mol. The summed E-state index contributed by atoms with van der Waals surface area (Å²) in [4.78, 5) is 19.0. The standard InChI is InChI=1S/C22H27FN4O/c23-19-6-8-21(9-7-19)25-12-14-26(15-13-25)22(28)24-16-18-10-11-27(17-18)20-4-2-1-3-5-20/h1-9,18H,10-17H2,(H,24,28). The number of carbonyl (C=O) groups excluding carboxylic acids is 1. The number of benzene rings is 2. The van der Waals surface area contributed by atoms with Gasteiger partial charge in [0.05, 0.1) is 0 Å². The van der Waals surface area contributed by atoms with Crippen LogP contribution in [0.2, 0.25) is 0 Å². The predicted molar refractivity (Wildman–Crippen MR) is 110 cm³/mol. The maximum atomic E-state index is 13.1. The Kier molecular flexibility index (Phi) is 5.65. The first-order valence-corrected chi connectivity index (χ1v) is 10.0. The number of carbonyl (C=O) groups is 1. The molecule has 2 aliphatic rings. The summed E-state index contributed by atoms with van der Waals surface area (Å²) in [5.41, 5.74) is 2.27. The number of hydrogen-bond donors (Lipinski definition) is 1. The van der Waals surface area contributed by atoms with Crippen LogP contribution < -0.4 is 15.1 Å². The highest BCUT2D eigenvalue weighted by Crippen LogP contribution is 2.23. The summed E-state index contributed by atoms with van der Waals surface area (Å²) in [7, 11) is 0. The van der Waals surface area contributed by atoms with E-state index < -0.39 is 0 Å². The van der Waals surface area contributed by atoms with Crippen molar-refractivity contribution in [2.75, 3.05) is 55.6 Å². The summed E-state index contributed by atoms with van der Waals surface area (Å²) in [5, 5.41) is 3.12. The van der Waals surface area contributed by atoms with Gasteiger partial charge in [0.25, 0.3) is 0 Å². The third kappa shape index (κ3) is 4.38. The Morgan fingerprint density at radius 3 is 2.29 bits per heavy atom. The van der Waals surface area contributed by atoms with E-state index in [9.17, 15) is 9.18 Å². The maximum Gasteiger partial charge on any atom is 0.317 e. The molecule has 148 valence electrons. The molecule has 1 atom stereocenters. The lowest BCUT2D eigenvalue weighted by Crippen LogP contribution is -2.52. The molecule has 2 heterocycles. The number of piperazine rings is 1. The molecule has 0 aromatic heterocycles. The van der Waals surface area contributed by atoms with Crippen LogP contribution in [0.5, 0.6) is 0 Å². The first kappa shape index (κ1) is 18.6. The summed E-state index contributed by atoms with van der Waals surface area (Å²) < 4.78 is 13.1. The topological polar surface area (TPSA) is 38.8 Å². The second-order valence-electron chi connectivity index (χ2n) is 7.57. The minimum Gasteiger partial charge on any atom is -0.371 e. The summed E-state index contributed by atoms with van der Waals surface area (Å²) >= 11 is 0. The van der Waals surface area contributed by atoms with Crippen LogP contribution in [0.4, 0.5) is 20.6 Å². The van der Waals surface area contributed by atoms with Crippen LogP contribution in [0.25, 0.3) is 0 Å². The molecule has 2 saturated heterocycles. The summed E-state index contributed by atoms with van der Waals surface area (Å²) in [6.45, 7) is 5.66. The molecule has 0 saturated carbocycles. The van der Waals surface area contributed by atoms with Gasteiger partial charge < -0.3 is 20.0 Å². The molecule has 5 nitrogen and oxygen atoms in total. The van der Waals surface area contributed by atoms with E-state index in [4.69, 9.17) is 0 Å². The van der Waals surface area contributed by atoms with E-state index in [1.54, 1.807) is 12.1 Å². The number of hydrogen-bond acceptors (Lipinski definition) is 3. The molecule has 2 fully saturated rings. The fourth-order valence-corrected chi connectivity index (χ4v) is 4.04. The van der Waals surface area contributed by atoms with E-state index in [0.29, 0.717) is 19.0 Å². The van der Waals surface area contributed by atoms with Crippen LogP contribution in [0.3, 0.4) is 0 Å². The zero-order valence-electron chi connectivity index (χ0n) is 16.1. The molecule has 6 heteroatoms. The van der Waals surface area contributed by atoms with Crippen molar-refractivity contribution in [2.24, 2.45) is 5.92 Å². The van der Waals surface area contributed by atoms with Gasteiger partial charge in [0, 0.05) is 57.2 Å². The van der Waals surface area contributed by atoms with E-state index in [0.717, 1.165) is 44.8 Å². The Bertz CT molecular complexity index is 775. The van der Waals surface area contributed by atoms with Gasteiger partial charge in [-0.15, -0.1) is 0 Å². The molecule has 4 rings (SSSR count). The molecule has 2 aliphatic heterocycles. The first-order valence-electron chi connectivity index (χ1n) is 10.0. The maximum absolute atomic E-state index is 13.1. The van der Waals surface area contributed by atoms with E-state index in [1.807, 2.05) is 11.0 Å². The smallest absolute Gasteiger partial charge is 0.317 e. The zero-order valence-corrected chi connectivity index (χ0v) is 16.1. The minimum absolute atomic E-state index is 0.0249. The van der Waals surface area contributed by atoms with Crippen LogP contribution in [-0.4, -0.2) is 56.7 Å². The van der Waals surface area contributed by atoms with Crippen molar-refractivity contribution in [3.63, 3.8) is 0 Å². The zero-order chi connectivity index (χ0) is 19.3. The van der Waals surface area contributed by atoms with E-state index in [1.165, 1.54) is 17.8 Å². The molecule has 0 aliphatic carbocycles. The van der Waals surface area contributed by atoms with Crippen molar-refractivity contribution in [1.82, 2.24) is 10.2 Å². The fourth-order valence-electron chi connectivity index (χ4n) is 4.04. The third-order valence-corrected chi connectivity index (χ3v) is 5.71. The fraction of sp³-hybridized carbons (Fsp3) is 0.409.